The average Bonchev–Trinajstić information content (AvgIpc) is 3.19. The van der Waals surface area contributed by atoms with Gasteiger partial charge in [0.15, 0.2) is 5.82 Å². The van der Waals surface area contributed by atoms with Gasteiger partial charge in [-0.3, -0.25) is 0 Å². The van der Waals surface area contributed by atoms with Crippen molar-refractivity contribution in [1.29, 1.82) is 0 Å². The summed E-state index contributed by atoms with van der Waals surface area (Å²) < 4.78 is 0. The van der Waals surface area contributed by atoms with E-state index in [-0.39, 0.29) is 5.75 Å². The maximum atomic E-state index is 10.3. The minimum absolute atomic E-state index is 0.184. The van der Waals surface area contributed by atoms with Gasteiger partial charge in [0.05, 0.1) is 11.4 Å². The maximum Gasteiger partial charge on any atom is 0.169 e. The topological polar surface area (TPSA) is 103 Å². The molecule has 0 radical (unpaired) electrons. The molecule has 4 N–H and O–H groups in total. The first kappa shape index (κ1) is 23.6. The molecule has 190 valence electrons. The summed E-state index contributed by atoms with van der Waals surface area (Å²) >= 11 is 0. The number of phenols is 1. The number of aromatic hydroxyl groups is 1. The van der Waals surface area contributed by atoms with Gasteiger partial charge in [-0.05, 0) is 68.5 Å². The second-order valence-corrected chi connectivity index (χ2v) is 10.3. The summed E-state index contributed by atoms with van der Waals surface area (Å²) in [7, 11) is 0. The Morgan fingerprint density at radius 3 is 2.65 bits per heavy atom. The van der Waals surface area contributed by atoms with E-state index in [1.807, 2.05) is 24.4 Å². The number of piperazine rings is 1. The van der Waals surface area contributed by atoms with Crippen LogP contribution in [0.4, 0.5) is 17.2 Å². The number of nitrogens with two attached hydrogens (primary N) is 1. The third-order valence-corrected chi connectivity index (χ3v) is 7.82. The molecule has 3 fully saturated rings. The highest BCUT2D eigenvalue weighted by molar-refractivity contribution is 5.74. The Hall–Kier alpha value is -3.83. The summed E-state index contributed by atoms with van der Waals surface area (Å²) in [5, 5.41) is 22.3. The third-order valence-electron chi connectivity index (χ3n) is 7.82. The molecule has 3 aliphatic heterocycles. The smallest absolute Gasteiger partial charge is 0.169 e. The zero-order valence-electron chi connectivity index (χ0n) is 21.0. The molecule has 8 heteroatoms. The molecule has 8 nitrogen and oxygen atoms in total. The molecule has 1 aromatic carbocycles. The number of piperidine rings is 1. The van der Waals surface area contributed by atoms with Crippen molar-refractivity contribution in [1.82, 2.24) is 20.5 Å². The molecule has 0 aliphatic carbocycles. The molecule has 3 atom stereocenters. The van der Waals surface area contributed by atoms with Crippen LogP contribution in [0.5, 0.6) is 5.75 Å². The van der Waals surface area contributed by atoms with Crippen molar-refractivity contribution in [3.8, 4) is 28.8 Å². The van der Waals surface area contributed by atoms with Crippen molar-refractivity contribution in [2.75, 3.05) is 35.2 Å². The number of anilines is 3. The number of fused-ring (bicyclic) bond motifs is 2. The van der Waals surface area contributed by atoms with Crippen LogP contribution < -0.4 is 20.9 Å². The minimum atomic E-state index is 0.184. The summed E-state index contributed by atoms with van der Waals surface area (Å²) in [6.45, 7) is 2.80. The number of hydrogen-bond acceptors (Lipinski definition) is 8. The molecule has 2 bridgehead atoms. The van der Waals surface area contributed by atoms with Gasteiger partial charge < -0.3 is 26.0 Å². The number of hydrogen-bond donors (Lipinski definition) is 3. The molecule has 37 heavy (non-hydrogen) atoms. The largest absolute Gasteiger partial charge is 0.507 e. The van der Waals surface area contributed by atoms with E-state index in [9.17, 15) is 5.11 Å². The number of pyridine rings is 1. The second kappa shape index (κ2) is 10.3. The normalized spacial score (nSPS) is 23.0. The van der Waals surface area contributed by atoms with E-state index >= 15 is 0 Å². The van der Waals surface area contributed by atoms with Crippen LogP contribution in [0.1, 0.15) is 44.2 Å². The first-order valence-electron chi connectivity index (χ1n) is 13.3. The van der Waals surface area contributed by atoms with Gasteiger partial charge in [-0.25, -0.2) is 4.98 Å². The number of aromatic nitrogens is 3. The number of phenolic OH excluding ortho intramolecular Hbond substituents is 1. The van der Waals surface area contributed by atoms with Crippen molar-refractivity contribution < 1.29 is 5.11 Å². The fourth-order valence-corrected chi connectivity index (χ4v) is 6.00. The van der Waals surface area contributed by atoms with Gasteiger partial charge in [0.25, 0.3) is 0 Å². The molecule has 3 aliphatic rings. The first-order valence-corrected chi connectivity index (χ1v) is 13.3. The lowest BCUT2D eigenvalue weighted by Crippen LogP contribution is -2.54. The quantitative estimate of drug-likeness (QED) is 0.472. The minimum Gasteiger partial charge on any atom is -0.507 e. The Kier molecular flexibility index (Phi) is 6.54. The van der Waals surface area contributed by atoms with E-state index < -0.39 is 0 Å². The van der Waals surface area contributed by atoms with Crippen molar-refractivity contribution in [3.05, 3.63) is 54.4 Å². The third kappa shape index (κ3) is 4.92. The number of rotatable bonds is 4. The predicted octanol–water partition coefficient (Wildman–Crippen LogP) is 3.57. The molecule has 3 aromatic rings. The van der Waals surface area contributed by atoms with Gasteiger partial charge in [-0.1, -0.05) is 24.5 Å². The fourth-order valence-electron chi connectivity index (χ4n) is 6.00. The van der Waals surface area contributed by atoms with Gasteiger partial charge in [0, 0.05) is 55.1 Å². The highest BCUT2D eigenvalue weighted by Gasteiger charge is 2.40. The fraction of sp³-hybridized carbons (Fsp3) is 0.414. The second-order valence-electron chi connectivity index (χ2n) is 10.3. The summed E-state index contributed by atoms with van der Waals surface area (Å²) in [5.41, 5.74) is 10.5. The molecule has 3 unspecified atom stereocenters. The van der Waals surface area contributed by atoms with Crippen LogP contribution in [-0.2, 0) is 0 Å². The number of benzene rings is 1. The first-order chi connectivity index (χ1) is 18.2. The summed E-state index contributed by atoms with van der Waals surface area (Å²) in [5.74, 6) is 7.25. The zero-order valence-corrected chi connectivity index (χ0v) is 21.0. The Balaban J connectivity index is 1.19. The van der Waals surface area contributed by atoms with Crippen molar-refractivity contribution >= 4 is 17.2 Å². The lowest BCUT2D eigenvalue weighted by molar-refractivity contribution is 0.407. The Bertz CT molecular complexity index is 1310. The molecular formula is C29H33N7O. The molecule has 0 spiro atoms. The molecule has 6 rings (SSSR count). The van der Waals surface area contributed by atoms with E-state index in [1.54, 1.807) is 12.1 Å². The van der Waals surface area contributed by atoms with Crippen molar-refractivity contribution in [2.45, 2.75) is 56.7 Å². The van der Waals surface area contributed by atoms with E-state index in [0.717, 1.165) is 50.3 Å². The van der Waals surface area contributed by atoms with E-state index in [0.29, 0.717) is 35.2 Å². The molecule has 2 aromatic heterocycles. The van der Waals surface area contributed by atoms with Crippen LogP contribution in [0.2, 0.25) is 0 Å². The van der Waals surface area contributed by atoms with Crippen LogP contribution >= 0.6 is 0 Å². The lowest BCUT2D eigenvalue weighted by atomic mass is 10.0. The Morgan fingerprint density at radius 1 is 1.03 bits per heavy atom. The van der Waals surface area contributed by atoms with Crippen LogP contribution in [0, 0.1) is 11.8 Å². The van der Waals surface area contributed by atoms with Gasteiger partial charge >= 0.3 is 0 Å². The van der Waals surface area contributed by atoms with Gasteiger partial charge in [0.2, 0.25) is 0 Å². The number of nitrogens with one attached hydrogen (secondary N) is 1. The molecular weight excluding hydrogens is 462 g/mol. The monoisotopic (exact) mass is 495 g/mol. The van der Waals surface area contributed by atoms with Crippen LogP contribution in [0.15, 0.2) is 48.7 Å². The van der Waals surface area contributed by atoms with E-state index in [2.05, 4.69) is 54.3 Å². The average molecular weight is 496 g/mol. The summed E-state index contributed by atoms with van der Waals surface area (Å²) in [6, 6.07) is 14.6. The SMILES string of the molecule is Nc1nnc(-c2ccccc2O)cc1N1CC2CCC(C1)N2c1ccnc(C#CCC2CCCCN2)c1. The van der Waals surface area contributed by atoms with Crippen LogP contribution in [0.25, 0.3) is 11.3 Å². The highest BCUT2D eigenvalue weighted by atomic mass is 16.3. The highest BCUT2D eigenvalue weighted by Crippen LogP contribution is 2.39. The lowest BCUT2D eigenvalue weighted by Gasteiger charge is -2.43. The van der Waals surface area contributed by atoms with Crippen molar-refractivity contribution in [3.63, 3.8) is 0 Å². The Morgan fingerprint density at radius 2 is 1.86 bits per heavy atom. The van der Waals surface area contributed by atoms with Gasteiger partial charge in [0.1, 0.15) is 11.4 Å². The number of nitrogen functional groups attached to an aromatic ring is 1. The zero-order chi connectivity index (χ0) is 25.2. The number of para-hydroxylation sites is 1. The van der Waals surface area contributed by atoms with Gasteiger partial charge in [-0.15, -0.1) is 10.2 Å². The molecule has 5 heterocycles. The van der Waals surface area contributed by atoms with Gasteiger partial charge in [-0.2, -0.15) is 0 Å². The molecule has 0 saturated carbocycles. The molecule has 0 amide bonds. The summed E-state index contributed by atoms with van der Waals surface area (Å²) in [4.78, 5) is 9.39. The summed E-state index contributed by atoms with van der Waals surface area (Å²) in [6.07, 6.45) is 8.78. The van der Waals surface area contributed by atoms with E-state index in [4.69, 9.17) is 5.73 Å². The van der Waals surface area contributed by atoms with Crippen LogP contribution in [0.3, 0.4) is 0 Å². The maximum absolute atomic E-state index is 10.3. The van der Waals surface area contributed by atoms with Crippen molar-refractivity contribution in [2.24, 2.45) is 0 Å². The predicted molar refractivity (Wildman–Crippen MR) is 146 cm³/mol. The number of nitrogens with zero attached hydrogens (tertiary/aromatic N) is 5. The van der Waals surface area contributed by atoms with E-state index in [1.165, 1.54) is 24.9 Å². The molecule has 3 saturated heterocycles. The van der Waals surface area contributed by atoms with Crippen LogP contribution in [-0.4, -0.2) is 58.0 Å². The standard InChI is InChI=1S/C29H33N7O/c30-29-27(17-26(33-34-29)25-9-1-2-10-28(25)37)35-18-23-11-12-24(19-35)36(23)22-13-15-32-21(16-22)8-5-7-20-6-3-4-14-31-20/h1-2,9-10,13,15-17,20,23-24,31,37H,3-4,6-7,11-12,14,18-19H2,(H2,30,34). The Labute approximate surface area is 217 Å².